The Bertz CT molecular complexity index is 1280. The summed E-state index contributed by atoms with van der Waals surface area (Å²) >= 11 is 5.64. The second-order valence-corrected chi connectivity index (χ2v) is 5.93. The molecule has 0 aliphatic carbocycles. The summed E-state index contributed by atoms with van der Waals surface area (Å²) in [4.78, 5) is 20.3. The summed E-state index contributed by atoms with van der Waals surface area (Å²) in [5.74, 6) is -2.96. The average molecular weight is 421 g/mol. The molecule has 1 aromatic carbocycles. The third-order valence-electron chi connectivity index (χ3n) is 3.55. The minimum absolute atomic E-state index is 0.0507. The molecule has 0 unspecified atom stereocenters. The smallest absolute Gasteiger partial charge is 0.253 e. The molecule has 1 amide bonds. The number of alkyl halides is 1. The van der Waals surface area contributed by atoms with Crippen LogP contribution in [0.15, 0.2) is 30.6 Å². The van der Waals surface area contributed by atoms with Gasteiger partial charge in [-0.3, -0.25) is 4.79 Å². The lowest BCUT2D eigenvalue weighted by atomic mass is 9.92. The fourth-order valence-corrected chi connectivity index (χ4v) is 2.25. The molecule has 0 radical (unpaired) electrons. The van der Waals surface area contributed by atoms with Crippen molar-refractivity contribution < 1.29 is 30.0 Å². The Morgan fingerprint density at radius 1 is 1.39 bits per heavy atom. The van der Waals surface area contributed by atoms with E-state index in [9.17, 15) is 9.18 Å². The van der Waals surface area contributed by atoms with Crippen molar-refractivity contribution in [2.45, 2.75) is 38.3 Å². The van der Waals surface area contributed by atoms with Crippen molar-refractivity contribution in [1.82, 2.24) is 20.2 Å². The van der Waals surface area contributed by atoms with E-state index < -0.39 is 78.0 Å². The number of halogens is 3. The molecule has 1 N–H and O–H groups in total. The highest BCUT2D eigenvalue weighted by molar-refractivity contribution is 6.31. The summed E-state index contributed by atoms with van der Waals surface area (Å²) in [5, 5.41) is 1.25. The number of carbonyl (C=O) groups excluding carboxylic acids is 1. The van der Waals surface area contributed by atoms with E-state index in [0.717, 1.165) is 18.5 Å². The number of rotatable bonds is 6. The van der Waals surface area contributed by atoms with Crippen molar-refractivity contribution >= 4 is 17.5 Å². The van der Waals surface area contributed by atoms with Crippen molar-refractivity contribution in [3.05, 3.63) is 58.4 Å². The van der Waals surface area contributed by atoms with Crippen LogP contribution in [0, 0.1) is 5.82 Å². The summed E-state index contributed by atoms with van der Waals surface area (Å²) in [5.41, 5.74) is -5.27. The number of piperidine rings is 1. The van der Waals surface area contributed by atoms with E-state index in [4.69, 9.17) is 28.1 Å². The minimum atomic E-state index is -4.65. The van der Waals surface area contributed by atoms with Gasteiger partial charge in [-0.2, -0.15) is 0 Å². The van der Waals surface area contributed by atoms with Gasteiger partial charge in [0.2, 0.25) is 0 Å². The van der Waals surface area contributed by atoms with Crippen LogP contribution in [0.3, 0.4) is 0 Å². The van der Waals surface area contributed by atoms with Gasteiger partial charge in [-0.1, -0.05) is 18.5 Å². The zero-order valence-corrected chi connectivity index (χ0v) is 15.2. The number of aryl methyl sites for hydroxylation is 1. The number of carbonyl (C=O) groups is 1. The first-order valence-electron chi connectivity index (χ1n) is 13.9. The SMILES string of the molecule is [2H]C([2H])(C)c1cnc(CNC([2H])([2H])C2(F)C([2H])([2H])C([2H])([2H])N(C(=O)c3ccc(F)c(Cl)c3)C([2H])([2H])C2([2H])[2H])nc1. The molecule has 1 aromatic heterocycles. The molecule has 28 heavy (non-hydrogen) atoms. The van der Waals surface area contributed by atoms with Gasteiger partial charge < -0.3 is 10.2 Å². The number of hydrogen-bond donors (Lipinski definition) is 1. The maximum absolute atomic E-state index is 16.8. The van der Waals surface area contributed by atoms with Crippen LogP contribution in [0.5, 0.6) is 0 Å². The second kappa shape index (κ2) is 8.92. The first-order valence-corrected chi connectivity index (χ1v) is 8.31. The summed E-state index contributed by atoms with van der Waals surface area (Å²) in [7, 11) is 0. The first kappa shape index (κ1) is 10.1. The van der Waals surface area contributed by atoms with Crippen LogP contribution in [0.1, 0.15) is 57.9 Å². The highest BCUT2D eigenvalue weighted by Crippen LogP contribution is 2.27. The van der Waals surface area contributed by atoms with Gasteiger partial charge in [0.1, 0.15) is 17.3 Å². The molecule has 1 aliphatic heterocycles. The van der Waals surface area contributed by atoms with E-state index in [1.807, 2.05) is 5.32 Å². The number of likely N-dealkylation sites (tertiary alicyclic amines) is 1. The highest BCUT2D eigenvalue weighted by Gasteiger charge is 2.36. The fraction of sp³-hybridized carbons (Fsp3) is 0.450. The van der Waals surface area contributed by atoms with Gasteiger partial charge in [0.05, 0.1) is 11.6 Å². The Kier molecular flexibility index (Phi) is 3.21. The van der Waals surface area contributed by atoms with E-state index in [0.29, 0.717) is 12.1 Å². The Morgan fingerprint density at radius 2 is 2.07 bits per heavy atom. The van der Waals surface area contributed by atoms with Crippen LogP contribution in [0.2, 0.25) is 5.02 Å². The number of hydrogen-bond acceptors (Lipinski definition) is 4. The number of nitrogens with zero attached hydrogens (tertiary/aromatic N) is 3. The number of nitrogens with one attached hydrogen (secondary N) is 1. The Hall–Kier alpha value is -2.12. The van der Waals surface area contributed by atoms with Crippen LogP contribution >= 0.6 is 11.6 Å². The molecule has 150 valence electrons. The third kappa shape index (κ3) is 5.02. The molecule has 3 rings (SSSR count). The summed E-state index contributed by atoms with van der Waals surface area (Å²) in [6, 6.07) is 2.11. The molecular weight excluding hydrogens is 386 g/mol. The van der Waals surface area contributed by atoms with Crippen LogP contribution in [0.4, 0.5) is 8.78 Å². The maximum atomic E-state index is 16.8. The second-order valence-electron chi connectivity index (χ2n) is 5.52. The minimum Gasteiger partial charge on any atom is -0.338 e. The maximum Gasteiger partial charge on any atom is 0.253 e. The van der Waals surface area contributed by atoms with Gasteiger partial charge >= 0.3 is 0 Å². The van der Waals surface area contributed by atoms with Crippen molar-refractivity contribution in [1.29, 1.82) is 0 Å². The Morgan fingerprint density at radius 3 is 2.68 bits per heavy atom. The van der Waals surface area contributed by atoms with E-state index in [2.05, 4.69) is 9.97 Å². The lowest BCUT2D eigenvalue weighted by Gasteiger charge is -2.36. The van der Waals surface area contributed by atoms with Crippen molar-refractivity contribution in [3.8, 4) is 0 Å². The number of benzene rings is 1. The first-order chi connectivity index (χ1) is 17.9. The third-order valence-corrected chi connectivity index (χ3v) is 3.84. The standard InChI is InChI=1S/C20H23ClF2N4O/c1-2-14-10-25-18(26-11-14)12-24-13-20(23)5-7-27(8-6-20)19(28)15-3-4-17(22)16(21)9-15/h3-4,9-11,24H,2,5-8,12-13H2,1H3/i2D2,5D2,6D2,7D2,8D2,13D2. The molecule has 1 saturated heterocycles. The largest absolute Gasteiger partial charge is 0.338 e. The molecule has 1 fully saturated rings. The van der Waals surface area contributed by atoms with Crippen LogP contribution in [-0.2, 0) is 12.9 Å². The topological polar surface area (TPSA) is 58.1 Å². The van der Waals surface area contributed by atoms with Gasteiger partial charge in [-0.05, 0) is 30.1 Å². The Balaban J connectivity index is 2.08. The van der Waals surface area contributed by atoms with Crippen LogP contribution in [0.25, 0.3) is 0 Å². The van der Waals surface area contributed by atoms with E-state index in [-0.39, 0.29) is 11.4 Å². The molecule has 0 bridgehead atoms. The molecule has 0 atom stereocenters. The summed E-state index contributed by atoms with van der Waals surface area (Å²) in [6.07, 6.45) is -8.24. The molecule has 5 nitrogen and oxygen atoms in total. The zero-order chi connectivity index (χ0) is 30.9. The monoisotopic (exact) mass is 420 g/mol. The van der Waals surface area contributed by atoms with Gasteiger partial charge in [0.15, 0.2) is 0 Å². The lowest BCUT2D eigenvalue weighted by molar-refractivity contribution is 0.0434. The molecule has 2 heterocycles. The van der Waals surface area contributed by atoms with Gasteiger partial charge in [-0.25, -0.2) is 18.7 Å². The predicted molar refractivity (Wildman–Crippen MR) is 104 cm³/mol. The summed E-state index contributed by atoms with van der Waals surface area (Å²) < 4.78 is 129. The predicted octanol–water partition coefficient (Wildman–Crippen LogP) is 3.57. The molecule has 0 saturated carbocycles. The van der Waals surface area contributed by atoms with Crippen LogP contribution in [-0.4, -0.2) is 45.9 Å². The van der Waals surface area contributed by atoms with E-state index in [1.165, 1.54) is 6.92 Å². The van der Waals surface area contributed by atoms with Crippen LogP contribution < -0.4 is 5.32 Å². The molecule has 1 aliphatic rings. The highest BCUT2D eigenvalue weighted by atomic mass is 35.5. The van der Waals surface area contributed by atoms with Gasteiger partial charge in [-0.15, -0.1) is 0 Å². The number of amides is 1. The average Bonchev–Trinajstić information content (AvgIpc) is 2.82. The zero-order valence-electron chi connectivity index (χ0n) is 26.5. The Labute approximate surface area is 185 Å². The lowest BCUT2D eigenvalue weighted by Crippen LogP contribution is -2.48. The molecule has 2 aromatic rings. The fourth-order valence-electron chi connectivity index (χ4n) is 2.07. The van der Waals surface area contributed by atoms with Gasteiger partial charge in [0, 0.05) is 66.6 Å². The summed E-state index contributed by atoms with van der Waals surface area (Å²) in [6.45, 7) is -11.5. The van der Waals surface area contributed by atoms with Crippen molar-refractivity contribution in [2.24, 2.45) is 0 Å². The van der Waals surface area contributed by atoms with Crippen molar-refractivity contribution in [3.63, 3.8) is 0 Å². The van der Waals surface area contributed by atoms with Gasteiger partial charge in [0.25, 0.3) is 5.91 Å². The van der Waals surface area contributed by atoms with E-state index >= 15 is 4.39 Å². The molecule has 8 heteroatoms. The quantitative estimate of drug-likeness (QED) is 0.776. The van der Waals surface area contributed by atoms with E-state index in [1.54, 1.807) is 0 Å². The molecule has 0 spiro atoms. The van der Waals surface area contributed by atoms with Crippen molar-refractivity contribution in [2.75, 3.05) is 19.5 Å². The number of aromatic nitrogens is 2. The normalized spacial score (nSPS) is 30.8. The molecular formula is C20H23ClF2N4O.